The summed E-state index contributed by atoms with van der Waals surface area (Å²) in [5.41, 5.74) is 9.56. The molecule has 0 N–H and O–H groups in total. The molecule has 0 radical (unpaired) electrons. The van der Waals surface area contributed by atoms with Crippen molar-refractivity contribution in [3.8, 4) is 56.2 Å². The Hall–Kier alpha value is -6.94. The first-order valence-electron chi connectivity index (χ1n) is 18.7. The molecule has 11 aromatic rings. The molecule has 0 amide bonds. The summed E-state index contributed by atoms with van der Waals surface area (Å²) in [4.78, 5) is 10.7. The largest absolute Gasteiger partial charge is 0.228 e. The van der Waals surface area contributed by atoms with Gasteiger partial charge in [-0.3, -0.25) is 0 Å². The van der Waals surface area contributed by atoms with Crippen molar-refractivity contribution < 1.29 is 0 Å². The van der Waals surface area contributed by atoms with Crippen molar-refractivity contribution in [1.29, 1.82) is 0 Å². The van der Waals surface area contributed by atoms with Crippen molar-refractivity contribution in [2.45, 2.75) is 0 Å². The Morgan fingerprint density at radius 3 is 1.71 bits per heavy atom. The highest BCUT2D eigenvalue weighted by Gasteiger charge is 2.20. The fourth-order valence-corrected chi connectivity index (χ4v) is 9.41. The van der Waals surface area contributed by atoms with Crippen LogP contribution in [-0.2, 0) is 0 Å². The first-order chi connectivity index (χ1) is 27.3. The lowest BCUT2D eigenvalue weighted by Gasteiger charge is -2.18. The predicted molar refractivity (Wildman–Crippen MR) is 235 cm³/mol. The fourth-order valence-electron chi connectivity index (χ4n) is 8.33. The van der Waals surface area contributed by atoms with Crippen LogP contribution in [0.15, 0.2) is 194 Å². The van der Waals surface area contributed by atoms with Crippen molar-refractivity contribution >= 4 is 63.8 Å². The molecule has 2 aromatic heterocycles. The minimum absolute atomic E-state index is 0.700. The van der Waals surface area contributed by atoms with Crippen LogP contribution >= 0.6 is 11.3 Å². The molecule has 2 nitrogen and oxygen atoms in total. The quantitative estimate of drug-likeness (QED) is 0.131. The average molecular weight is 717 g/mol. The Morgan fingerprint density at radius 2 is 0.909 bits per heavy atom. The van der Waals surface area contributed by atoms with E-state index < -0.39 is 0 Å². The lowest BCUT2D eigenvalue weighted by atomic mass is 9.87. The van der Waals surface area contributed by atoms with E-state index >= 15 is 0 Å². The second-order valence-corrected chi connectivity index (χ2v) is 15.2. The molecular formula is C52H32N2S. The van der Waals surface area contributed by atoms with Crippen LogP contribution in [0.25, 0.3) is 109 Å². The van der Waals surface area contributed by atoms with Crippen molar-refractivity contribution in [3.05, 3.63) is 194 Å². The van der Waals surface area contributed by atoms with Gasteiger partial charge in [0.2, 0.25) is 0 Å². The van der Waals surface area contributed by atoms with E-state index in [0.717, 1.165) is 39.2 Å². The predicted octanol–water partition coefficient (Wildman–Crippen LogP) is 14.6. The summed E-state index contributed by atoms with van der Waals surface area (Å²) in [5.74, 6) is 0.700. The average Bonchev–Trinajstić information content (AvgIpc) is 3.64. The van der Waals surface area contributed by atoms with E-state index in [1.54, 1.807) is 0 Å². The molecule has 9 aromatic carbocycles. The number of aromatic nitrogens is 2. The molecule has 0 fully saturated rings. The first kappa shape index (κ1) is 31.6. The van der Waals surface area contributed by atoms with Crippen LogP contribution < -0.4 is 0 Å². The zero-order chi connectivity index (χ0) is 36.3. The molecule has 0 bridgehead atoms. The van der Waals surface area contributed by atoms with Gasteiger partial charge < -0.3 is 0 Å². The Morgan fingerprint density at radius 1 is 0.309 bits per heavy atom. The lowest BCUT2D eigenvalue weighted by Crippen LogP contribution is -1.98. The fraction of sp³-hybridized carbons (Fsp3) is 0. The molecule has 0 aliphatic heterocycles. The van der Waals surface area contributed by atoms with Gasteiger partial charge in [0.25, 0.3) is 0 Å². The summed E-state index contributed by atoms with van der Waals surface area (Å²) >= 11 is 1.85. The number of hydrogen-bond donors (Lipinski definition) is 0. The van der Waals surface area contributed by atoms with Crippen LogP contribution in [0.4, 0.5) is 0 Å². The van der Waals surface area contributed by atoms with Crippen LogP contribution in [0.2, 0.25) is 0 Å². The first-order valence-corrected chi connectivity index (χ1v) is 19.5. The van der Waals surface area contributed by atoms with Crippen molar-refractivity contribution in [2.24, 2.45) is 0 Å². The molecule has 55 heavy (non-hydrogen) atoms. The molecule has 0 aliphatic rings. The second-order valence-electron chi connectivity index (χ2n) is 14.1. The molecule has 0 aliphatic carbocycles. The summed E-state index contributed by atoms with van der Waals surface area (Å²) in [5, 5.41) is 9.98. The number of benzene rings is 9. The van der Waals surface area contributed by atoms with Gasteiger partial charge in [-0.1, -0.05) is 164 Å². The van der Waals surface area contributed by atoms with Gasteiger partial charge in [-0.25, -0.2) is 9.97 Å². The number of hydrogen-bond acceptors (Lipinski definition) is 3. The van der Waals surface area contributed by atoms with E-state index in [2.05, 4.69) is 188 Å². The van der Waals surface area contributed by atoms with Crippen molar-refractivity contribution in [2.75, 3.05) is 0 Å². The third kappa shape index (κ3) is 5.32. The van der Waals surface area contributed by atoms with Gasteiger partial charge in [-0.2, -0.15) is 0 Å². The Bertz CT molecular complexity index is 3270. The van der Waals surface area contributed by atoms with Gasteiger partial charge in [0, 0.05) is 36.9 Å². The minimum Gasteiger partial charge on any atom is -0.228 e. The van der Waals surface area contributed by atoms with E-state index in [0.29, 0.717) is 5.82 Å². The van der Waals surface area contributed by atoms with Crippen LogP contribution in [0.1, 0.15) is 0 Å². The second kappa shape index (κ2) is 12.9. The van der Waals surface area contributed by atoms with Gasteiger partial charge in [0.15, 0.2) is 5.82 Å². The smallest absolute Gasteiger partial charge is 0.160 e. The maximum Gasteiger partial charge on any atom is 0.160 e. The Kier molecular flexibility index (Phi) is 7.39. The molecular weight excluding hydrogens is 685 g/mol. The molecule has 0 spiro atoms. The zero-order valence-electron chi connectivity index (χ0n) is 29.8. The maximum atomic E-state index is 5.36. The van der Waals surface area contributed by atoms with Gasteiger partial charge in [-0.15, -0.1) is 11.3 Å². The lowest BCUT2D eigenvalue weighted by molar-refractivity contribution is 1.18. The topological polar surface area (TPSA) is 25.8 Å². The van der Waals surface area contributed by atoms with Crippen LogP contribution in [-0.4, -0.2) is 9.97 Å². The van der Waals surface area contributed by atoms with Crippen molar-refractivity contribution in [3.63, 3.8) is 0 Å². The summed E-state index contributed by atoms with van der Waals surface area (Å²) in [6.07, 6.45) is 0. The Labute approximate surface area is 322 Å². The highest BCUT2D eigenvalue weighted by atomic mass is 32.1. The van der Waals surface area contributed by atoms with Crippen LogP contribution in [0, 0.1) is 0 Å². The third-order valence-corrected chi connectivity index (χ3v) is 12.0. The molecule has 11 rings (SSSR count). The van der Waals surface area contributed by atoms with Gasteiger partial charge in [-0.05, 0) is 84.9 Å². The van der Waals surface area contributed by atoms with Gasteiger partial charge in [0.05, 0.1) is 11.4 Å². The molecule has 0 saturated carbocycles. The van der Waals surface area contributed by atoms with Crippen molar-refractivity contribution in [1.82, 2.24) is 9.97 Å². The number of thiophene rings is 1. The standard InChI is InChI=1S/C52H32N2S/c1-2-15-34(16-3-1)52-53-47(40-21-9-8-19-38(40)36-27-29-50-46(31-36)42-23-12-13-25-49(42)55-50)32-48(54-52)41-22-10-11-24-43(41)51-39-20-7-5-17-35(39)30-45-37-18-6-4-14-33(37)26-28-44(45)51/h1-32H. The summed E-state index contributed by atoms with van der Waals surface area (Å²) < 4.78 is 2.60. The van der Waals surface area contributed by atoms with E-state index in [-0.39, 0.29) is 0 Å². The van der Waals surface area contributed by atoms with E-state index in [9.17, 15) is 0 Å². The summed E-state index contributed by atoms with van der Waals surface area (Å²) in [7, 11) is 0. The van der Waals surface area contributed by atoms with E-state index in [4.69, 9.17) is 9.97 Å². The molecule has 0 saturated heterocycles. The highest BCUT2D eigenvalue weighted by Crippen LogP contribution is 2.44. The molecule has 256 valence electrons. The summed E-state index contributed by atoms with van der Waals surface area (Å²) in [6, 6.07) is 69.8. The maximum absolute atomic E-state index is 5.36. The zero-order valence-corrected chi connectivity index (χ0v) is 30.6. The normalized spacial score (nSPS) is 11.6. The highest BCUT2D eigenvalue weighted by molar-refractivity contribution is 7.25. The number of rotatable bonds is 5. The molecule has 3 heteroatoms. The van der Waals surface area contributed by atoms with Gasteiger partial charge in [0.1, 0.15) is 0 Å². The molecule has 0 atom stereocenters. The number of nitrogens with zero attached hydrogens (tertiary/aromatic N) is 2. The Balaban J connectivity index is 1.16. The monoisotopic (exact) mass is 716 g/mol. The summed E-state index contributed by atoms with van der Waals surface area (Å²) in [6.45, 7) is 0. The minimum atomic E-state index is 0.700. The van der Waals surface area contributed by atoms with Crippen LogP contribution in [0.5, 0.6) is 0 Å². The van der Waals surface area contributed by atoms with E-state index in [1.807, 2.05) is 17.4 Å². The van der Waals surface area contributed by atoms with Crippen LogP contribution in [0.3, 0.4) is 0 Å². The van der Waals surface area contributed by atoms with E-state index in [1.165, 1.54) is 63.6 Å². The SMILES string of the molecule is c1ccc(-c2nc(-c3ccccc3-c3ccc4sc5ccccc5c4c3)cc(-c3ccccc3-c3c4ccccc4cc4c3ccc3ccccc34)n2)cc1. The number of fused-ring (bicyclic) bond motifs is 7. The third-order valence-electron chi connectivity index (χ3n) is 10.9. The molecule has 2 heterocycles. The molecule has 0 unspecified atom stereocenters. The van der Waals surface area contributed by atoms with Gasteiger partial charge >= 0.3 is 0 Å².